The van der Waals surface area contributed by atoms with E-state index >= 15 is 0 Å². The van der Waals surface area contributed by atoms with Gasteiger partial charge in [-0.05, 0) is 43.9 Å². The van der Waals surface area contributed by atoms with Gasteiger partial charge < -0.3 is 25.0 Å². The van der Waals surface area contributed by atoms with Gasteiger partial charge in [-0.25, -0.2) is 0 Å². The highest BCUT2D eigenvalue weighted by Crippen LogP contribution is 2.33. The molecule has 1 saturated carbocycles. The van der Waals surface area contributed by atoms with Crippen LogP contribution in [0.25, 0.3) is 0 Å². The van der Waals surface area contributed by atoms with Crippen LogP contribution in [-0.4, -0.2) is 67.2 Å². The number of rotatable bonds is 5. The van der Waals surface area contributed by atoms with E-state index in [1.807, 2.05) is 5.32 Å². The number of carbonyl (C=O) groups excluding carboxylic acids is 3. The van der Waals surface area contributed by atoms with Gasteiger partial charge >= 0.3 is 6.18 Å². The maximum atomic E-state index is 13.3. The van der Waals surface area contributed by atoms with Gasteiger partial charge in [0.2, 0.25) is 11.8 Å². The molecule has 0 spiro atoms. The monoisotopic (exact) mass is 497 g/mol. The average Bonchev–Trinajstić information content (AvgIpc) is 3.35. The van der Waals surface area contributed by atoms with Crippen LogP contribution in [0.4, 0.5) is 18.9 Å². The minimum absolute atomic E-state index is 0.00438. The maximum Gasteiger partial charge on any atom is 0.405 e. The predicted molar refractivity (Wildman–Crippen MR) is 120 cm³/mol. The van der Waals surface area contributed by atoms with Gasteiger partial charge in [-0.15, -0.1) is 0 Å². The van der Waals surface area contributed by atoms with Crippen molar-refractivity contribution in [3.63, 3.8) is 0 Å². The molecular formula is C24H30F3N3O5. The van der Waals surface area contributed by atoms with Crippen LogP contribution in [0.3, 0.4) is 0 Å². The van der Waals surface area contributed by atoms with Crippen LogP contribution in [0.1, 0.15) is 55.3 Å². The summed E-state index contributed by atoms with van der Waals surface area (Å²) in [6.45, 7) is -1.27. The van der Waals surface area contributed by atoms with Crippen molar-refractivity contribution in [2.45, 2.75) is 69.4 Å². The third-order valence-electron chi connectivity index (χ3n) is 6.90. The molecule has 8 nitrogen and oxygen atoms in total. The van der Waals surface area contributed by atoms with Crippen LogP contribution in [0.2, 0.25) is 0 Å². The Morgan fingerprint density at radius 3 is 2.60 bits per heavy atom. The first kappa shape index (κ1) is 25.3. The fourth-order valence-corrected chi connectivity index (χ4v) is 5.02. The van der Waals surface area contributed by atoms with E-state index in [1.54, 1.807) is 30.1 Å². The molecule has 1 saturated heterocycles. The van der Waals surface area contributed by atoms with Gasteiger partial charge in [0.25, 0.3) is 5.91 Å². The van der Waals surface area contributed by atoms with Gasteiger partial charge in [-0.1, -0.05) is 12.8 Å². The normalized spacial score (nSPS) is 25.1. The Bertz CT molecular complexity index is 964. The summed E-state index contributed by atoms with van der Waals surface area (Å²) >= 11 is 0. The molecule has 2 heterocycles. The predicted octanol–water partition coefficient (Wildman–Crippen LogP) is 3.26. The zero-order valence-corrected chi connectivity index (χ0v) is 19.5. The SMILES string of the molecule is CN1C(=O)c2cc(NC(=O)C3CCCC3)ccc2OC[C@@H]2O[C@H](CC(=O)NCC(F)(F)F)CC[C@@H]21. The molecule has 11 heteroatoms. The number of fused-ring (bicyclic) bond motifs is 2. The molecule has 2 fully saturated rings. The molecular weight excluding hydrogens is 467 g/mol. The fourth-order valence-electron chi connectivity index (χ4n) is 5.02. The Kier molecular flexibility index (Phi) is 7.53. The Morgan fingerprint density at radius 2 is 1.89 bits per heavy atom. The summed E-state index contributed by atoms with van der Waals surface area (Å²) in [5.74, 6) is -0.708. The minimum atomic E-state index is -4.48. The summed E-state index contributed by atoms with van der Waals surface area (Å²) in [6, 6.07) is 4.63. The number of carbonyl (C=O) groups is 3. The van der Waals surface area contributed by atoms with Crippen LogP contribution < -0.4 is 15.4 Å². The summed E-state index contributed by atoms with van der Waals surface area (Å²) in [5, 5.41) is 4.77. The number of ether oxygens (including phenoxy) is 2. The van der Waals surface area contributed by atoms with Gasteiger partial charge in [0.1, 0.15) is 25.0 Å². The Morgan fingerprint density at radius 1 is 1.14 bits per heavy atom. The summed E-state index contributed by atoms with van der Waals surface area (Å²) in [7, 11) is 1.67. The molecule has 192 valence electrons. The first-order valence-corrected chi connectivity index (χ1v) is 11.9. The molecule has 2 aliphatic heterocycles. The van der Waals surface area contributed by atoms with E-state index in [9.17, 15) is 27.6 Å². The van der Waals surface area contributed by atoms with Crippen molar-refractivity contribution < 1.29 is 37.0 Å². The van der Waals surface area contributed by atoms with Crippen LogP contribution in [0.5, 0.6) is 5.75 Å². The van der Waals surface area contributed by atoms with E-state index in [4.69, 9.17) is 9.47 Å². The number of anilines is 1. The van der Waals surface area contributed by atoms with Crippen LogP contribution in [0, 0.1) is 5.92 Å². The number of likely N-dealkylation sites (N-methyl/N-ethyl adjacent to an activating group) is 1. The molecule has 1 aromatic rings. The highest BCUT2D eigenvalue weighted by molar-refractivity contribution is 6.00. The number of halogens is 3. The lowest BCUT2D eigenvalue weighted by atomic mass is 9.94. The van der Waals surface area contributed by atoms with Gasteiger partial charge in [-0.3, -0.25) is 14.4 Å². The molecule has 0 bridgehead atoms. The van der Waals surface area contributed by atoms with Crippen molar-refractivity contribution in [3.8, 4) is 5.75 Å². The molecule has 0 aromatic heterocycles. The fraction of sp³-hybridized carbons (Fsp3) is 0.625. The summed E-state index contributed by atoms with van der Waals surface area (Å²) in [6.07, 6.45) is -1.01. The largest absolute Gasteiger partial charge is 0.490 e. The highest BCUT2D eigenvalue weighted by atomic mass is 19.4. The van der Waals surface area contributed by atoms with Crippen molar-refractivity contribution >= 4 is 23.4 Å². The van der Waals surface area contributed by atoms with Crippen molar-refractivity contribution in [1.29, 1.82) is 0 Å². The standard InChI is InChI=1S/C24H30F3N3O5/c1-30-18-8-7-16(11-21(31)28-13-24(25,26)27)35-20(18)12-34-19-9-6-15(10-17(19)23(30)33)29-22(32)14-4-2-3-5-14/h6,9-10,14,16,18,20H,2-5,7-8,11-13H2,1H3,(H,28,31)(H,29,32)/t16-,18-,20-/m0/s1. The quantitative estimate of drug-likeness (QED) is 0.651. The van der Waals surface area contributed by atoms with Gasteiger partial charge in [0.15, 0.2) is 0 Å². The van der Waals surface area contributed by atoms with E-state index < -0.39 is 30.8 Å². The second-order valence-electron chi connectivity index (χ2n) is 9.45. The second kappa shape index (κ2) is 10.4. The Hall–Kier alpha value is -2.82. The van der Waals surface area contributed by atoms with Gasteiger partial charge in [0, 0.05) is 18.7 Å². The molecule has 3 atom stereocenters. The zero-order valence-electron chi connectivity index (χ0n) is 19.5. The van der Waals surface area contributed by atoms with Crippen molar-refractivity contribution in [3.05, 3.63) is 23.8 Å². The van der Waals surface area contributed by atoms with Crippen molar-refractivity contribution in [2.75, 3.05) is 25.5 Å². The minimum Gasteiger partial charge on any atom is -0.490 e. The summed E-state index contributed by atoms with van der Waals surface area (Å²) in [4.78, 5) is 39.3. The zero-order chi connectivity index (χ0) is 25.2. The lowest BCUT2D eigenvalue weighted by Gasteiger charge is -2.42. The molecule has 0 radical (unpaired) electrons. The topological polar surface area (TPSA) is 97.0 Å². The Balaban J connectivity index is 1.41. The van der Waals surface area contributed by atoms with Crippen LogP contribution in [-0.2, 0) is 14.3 Å². The molecule has 1 aliphatic carbocycles. The lowest BCUT2D eigenvalue weighted by Crippen LogP contribution is -2.54. The van der Waals surface area contributed by atoms with Gasteiger partial charge in [0.05, 0.1) is 24.1 Å². The number of hydrogen-bond acceptors (Lipinski definition) is 5. The summed E-state index contributed by atoms with van der Waals surface area (Å²) < 4.78 is 48.9. The second-order valence-corrected chi connectivity index (χ2v) is 9.45. The first-order chi connectivity index (χ1) is 16.6. The molecule has 1 aromatic carbocycles. The molecule has 4 rings (SSSR count). The third-order valence-corrected chi connectivity index (χ3v) is 6.90. The molecule has 2 N–H and O–H groups in total. The van der Waals surface area contributed by atoms with Crippen molar-refractivity contribution in [2.24, 2.45) is 5.92 Å². The Labute approximate surface area is 201 Å². The first-order valence-electron chi connectivity index (χ1n) is 11.9. The van der Waals surface area contributed by atoms with Crippen LogP contribution in [0.15, 0.2) is 18.2 Å². The highest BCUT2D eigenvalue weighted by Gasteiger charge is 2.39. The number of amides is 3. The molecule has 3 aliphatic rings. The van der Waals surface area contributed by atoms with E-state index in [2.05, 4.69) is 5.32 Å². The number of nitrogens with zero attached hydrogens (tertiary/aromatic N) is 1. The van der Waals surface area contributed by atoms with E-state index in [0.717, 1.165) is 25.7 Å². The number of nitrogens with one attached hydrogen (secondary N) is 2. The third kappa shape index (κ3) is 6.25. The van der Waals surface area contributed by atoms with Crippen LogP contribution >= 0.6 is 0 Å². The average molecular weight is 498 g/mol. The number of hydrogen-bond donors (Lipinski definition) is 2. The number of alkyl halides is 3. The molecule has 0 unspecified atom stereocenters. The summed E-state index contributed by atoms with van der Waals surface area (Å²) in [5.41, 5.74) is 0.872. The smallest absolute Gasteiger partial charge is 0.405 e. The molecule has 35 heavy (non-hydrogen) atoms. The van der Waals surface area contributed by atoms with Gasteiger partial charge in [-0.2, -0.15) is 13.2 Å². The molecule has 3 amide bonds. The van der Waals surface area contributed by atoms with E-state index in [0.29, 0.717) is 29.8 Å². The maximum absolute atomic E-state index is 13.3. The van der Waals surface area contributed by atoms with Crippen molar-refractivity contribution in [1.82, 2.24) is 10.2 Å². The van der Waals surface area contributed by atoms with E-state index in [-0.39, 0.29) is 36.8 Å². The number of benzene rings is 1. The lowest BCUT2D eigenvalue weighted by molar-refractivity contribution is -0.144. The van der Waals surface area contributed by atoms with E-state index in [1.165, 1.54) is 0 Å².